The minimum atomic E-state index is -0.160. The van der Waals surface area contributed by atoms with Gasteiger partial charge in [-0.3, -0.25) is 14.6 Å². The Morgan fingerprint density at radius 3 is 2.87 bits per heavy atom. The van der Waals surface area contributed by atoms with E-state index in [9.17, 15) is 14.9 Å². The predicted molar refractivity (Wildman–Crippen MR) is 112 cm³/mol. The lowest BCUT2D eigenvalue weighted by molar-refractivity contribution is -0.131. The third-order valence-corrected chi connectivity index (χ3v) is 6.19. The Labute approximate surface area is 178 Å². The Hall–Kier alpha value is -3.44. The summed E-state index contributed by atoms with van der Waals surface area (Å²) in [6, 6.07) is 9.52. The van der Waals surface area contributed by atoms with Crippen molar-refractivity contribution in [1.82, 2.24) is 9.88 Å². The standard InChI is InChI=1S/C22H20N4O3S/c23-13-18-17-7-10-26(21(28)12-15-5-8-24-9-6-15)14-19(17)30-22(18)25-20(27)4-3-16-2-1-11-29-16/h1-2,5-6,8-9,11H,3-4,7,10,12,14H2,(H,25,27). The number of hydrogen-bond donors (Lipinski definition) is 1. The van der Waals surface area contributed by atoms with Gasteiger partial charge in [0.15, 0.2) is 0 Å². The van der Waals surface area contributed by atoms with Crippen LogP contribution in [0.25, 0.3) is 0 Å². The van der Waals surface area contributed by atoms with Gasteiger partial charge in [0.1, 0.15) is 16.8 Å². The van der Waals surface area contributed by atoms with Crippen LogP contribution in [-0.4, -0.2) is 28.2 Å². The summed E-state index contributed by atoms with van der Waals surface area (Å²) in [6.07, 6.45) is 6.65. The van der Waals surface area contributed by atoms with Crippen LogP contribution in [0.3, 0.4) is 0 Å². The highest BCUT2D eigenvalue weighted by atomic mass is 32.1. The molecule has 2 amide bonds. The molecule has 1 aliphatic heterocycles. The van der Waals surface area contributed by atoms with Crippen molar-refractivity contribution in [1.29, 1.82) is 5.26 Å². The third kappa shape index (κ3) is 4.42. The van der Waals surface area contributed by atoms with E-state index in [1.54, 1.807) is 24.7 Å². The summed E-state index contributed by atoms with van der Waals surface area (Å²) >= 11 is 1.38. The smallest absolute Gasteiger partial charge is 0.227 e. The number of rotatable bonds is 6. The molecule has 0 aromatic carbocycles. The Bertz CT molecular complexity index is 1080. The molecule has 0 fully saturated rings. The second kappa shape index (κ2) is 8.93. The van der Waals surface area contributed by atoms with Gasteiger partial charge in [0.05, 0.1) is 24.8 Å². The lowest BCUT2D eigenvalue weighted by atomic mass is 10.0. The Balaban J connectivity index is 1.42. The van der Waals surface area contributed by atoms with E-state index in [0.29, 0.717) is 42.9 Å². The number of thiophene rings is 1. The first-order valence-electron chi connectivity index (χ1n) is 9.67. The number of fused-ring (bicyclic) bond motifs is 1. The minimum Gasteiger partial charge on any atom is -0.469 e. The van der Waals surface area contributed by atoms with E-state index < -0.39 is 0 Å². The van der Waals surface area contributed by atoms with Crippen molar-refractivity contribution in [2.24, 2.45) is 0 Å². The number of hydrogen-bond acceptors (Lipinski definition) is 6. The summed E-state index contributed by atoms with van der Waals surface area (Å²) in [5.74, 6) is 0.634. The molecule has 3 aromatic rings. The van der Waals surface area contributed by atoms with Crippen molar-refractivity contribution < 1.29 is 14.0 Å². The lowest BCUT2D eigenvalue weighted by Crippen LogP contribution is -2.36. The molecular formula is C22H20N4O3S. The first kappa shape index (κ1) is 19.9. The number of nitrogens with one attached hydrogen (secondary N) is 1. The number of furan rings is 1. The van der Waals surface area contributed by atoms with E-state index in [4.69, 9.17) is 4.42 Å². The van der Waals surface area contributed by atoms with E-state index in [2.05, 4.69) is 16.4 Å². The van der Waals surface area contributed by atoms with Gasteiger partial charge in [-0.25, -0.2) is 0 Å². The number of amides is 2. The fraction of sp³-hybridized carbons (Fsp3) is 0.273. The number of nitrogens with zero attached hydrogens (tertiary/aromatic N) is 3. The second-order valence-corrected chi connectivity index (χ2v) is 8.15. The second-order valence-electron chi connectivity index (χ2n) is 7.04. The molecule has 3 aromatic heterocycles. The summed E-state index contributed by atoms with van der Waals surface area (Å²) in [5, 5.41) is 13.1. The SMILES string of the molecule is N#Cc1c(NC(=O)CCc2ccco2)sc2c1CCN(C(=O)Cc1ccncc1)C2. The van der Waals surface area contributed by atoms with E-state index in [0.717, 1.165) is 21.8 Å². The van der Waals surface area contributed by atoms with Crippen LogP contribution in [0, 0.1) is 11.3 Å². The molecule has 0 unspecified atom stereocenters. The van der Waals surface area contributed by atoms with Crippen molar-refractivity contribution in [3.63, 3.8) is 0 Å². The van der Waals surface area contributed by atoms with E-state index in [1.165, 1.54) is 11.3 Å². The third-order valence-electron chi connectivity index (χ3n) is 5.06. The van der Waals surface area contributed by atoms with Crippen LogP contribution in [0.2, 0.25) is 0 Å². The first-order chi connectivity index (χ1) is 14.6. The maximum absolute atomic E-state index is 12.7. The molecule has 7 nitrogen and oxygen atoms in total. The fourth-order valence-corrected chi connectivity index (χ4v) is 4.72. The molecule has 0 saturated heterocycles. The average molecular weight is 420 g/mol. The molecule has 0 bridgehead atoms. The van der Waals surface area contributed by atoms with Crippen molar-refractivity contribution in [3.05, 3.63) is 70.3 Å². The molecule has 0 atom stereocenters. The van der Waals surface area contributed by atoms with Gasteiger partial charge in [-0.15, -0.1) is 11.3 Å². The molecule has 152 valence electrons. The van der Waals surface area contributed by atoms with Gasteiger partial charge >= 0.3 is 0 Å². The summed E-state index contributed by atoms with van der Waals surface area (Å²) in [5.41, 5.74) is 2.38. The molecule has 4 heterocycles. The number of carbonyl (C=O) groups is 2. The summed E-state index contributed by atoms with van der Waals surface area (Å²) in [4.78, 5) is 31.8. The quantitative estimate of drug-likeness (QED) is 0.660. The molecule has 0 saturated carbocycles. The summed E-state index contributed by atoms with van der Waals surface area (Å²) in [6.45, 7) is 1.02. The number of pyridine rings is 1. The zero-order valence-electron chi connectivity index (χ0n) is 16.3. The van der Waals surface area contributed by atoms with Crippen LogP contribution in [-0.2, 0) is 35.4 Å². The molecule has 0 spiro atoms. The average Bonchev–Trinajstić information content (AvgIpc) is 3.39. The van der Waals surface area contributed by atoms with Crippen molar-refractivity contribution in [2.45, 2.75) is 32.2 Å². The van der Waals surface area contributed by atoms with Gasteiger partial charge in [0.2, 0.25) is 11.8 Å². The highest BCUT2D eigenvalue weighted by Crippen LogP contribution is 2.36. The van der Waals surface area contributed by atoms with Crippen molar-refractivity contribution >= 4 is 28.2 Å². The number of nitriles is 1. The molecule has 4 rings (SSSR count). The number of aryl methyl sites for hydroxylation is 1. The van der Waals surface area contributed by atoms with Crippen LogP contribution < -0.4 is 5.32 Å². The van der Waals surface area contributed by atoms with E-state index in [-0.39, 0.29) is 18.2 Å². The molecular weight excluding hydrogens is 400 g/mol. The summed E-state index contributed by atoms with van der Waals surface area (Å²) in [7, 11) is 0. The Morgan fingerprint density at radius 2 is 2.13 bits per heavy atom. The highest BCUT2D eigenvalue weighted by Gasteiger charge is 2.27. The van der Waals surface area contributed by atoms with Gasteiger partial charge in [0, 0.05) is 36.7 Å². The number of aromatic nitrogens is 1. The fourth-order valence-electron chi connectivity index (χ4n) is 3.49. The Morgan fingerprint density at radius 1 is 1.30 bits per heavy atom. The highest BCUT2D eigenvalue weighted by molar-refractivity contribution is 7.16. The maximum atomic E-state index is 12.7. The van der Waals surface area contributed by atoms with Gasteiger partial charge in [0.25, 0.3) is 0 Å². The zero-order valence-corrected chi connectivity index (χ0v) is 17.1. The predicted octanol–water partition coefficient (Wildman–Crippen LogP) is 3.31. The van der Waals surface area contributed by atoms with Gasteiger partial charge in [-0.2, -0.15) is 5.26 Å². The molecule has 30 heavy (non-hydrogen) atoms. The van der Waals surface area contributed by atoms with E-state index >= 15 is 0 Å². The largest absolute Gasteiger partial charge is 0.469 e. The molecule has 0 radical (unpaired) electrons. The maximum Gasteiger partial charge on any atom is 0.227 e. The number of anilines is 1. The minimum absolute atomic E-state index is 0.0443. The van der Waals surface area contributed by atoms with Crippen LogP contribution in [0.1, 0.15) is 33.7 Å². The molecule has 1 aliphatic rings. The van der Waals surface area contributed by atoms with Crippen LogP contribution in [0.4, 0.5) is 5.00 Å². The summed E-state index contributed by atoms with van der Waals surface area (Å²) < 4.78 is 5.25. The lowest BCUT2D eigenvalue weighted by Gasteiger charge is -2.27. The van der Waals surface area contributed by atoms with Crippen molar-refractivity contribution in [3.8, 4) is 6.07 Å². The van der Waals surface area contributed by atoms with Gasteiger partial charge in [-0.1, -0.05) is 0 Å². The van der Waals surface area contributed by atoms with Crippen LogP contribution >= 0.6 is 11.3 Å². The topological polar surface area (TPSA) is 99.2 Å². The van der Waals surface area contributed by atoms with Gasteiger partial charge in [-0.05, 0) is 41.8 Å². The zero-order chi connectivity index (χ0) is 20.9. The first-order valence-corrected chi connectivity index (χ1v) is 10.5. The van der Waals surface area contributed by atoms with E-state index in [1.807, 2.05) is 23.1 Å². The van der Waals surface area contributed by atoms with Crippen LogP contribution in [0.5, 0.6) is 0 Å². The van der Waals surface area contributed by atoms with Crippen LogP contribution in [0.15, 0.2) is 47.3 Å². The van der Waals surface area contributed by atoms with Gasteiger partial charge < -0.3 is 14.6 Å². The molecule has 1 N–H and O–H groups in total. The Kier molecular flexibility index (Phi) is 5.91. The molecule has 8 heteroatoms. The molecule has 0 aliphatic carbocycles. The number of carbonyl (C=O) groups excluding carboxylic acids is 2. The normalized spacial score (nSPS) is 12.8. The van der Waals surface area contributed by atoms with Crippen molar-refractivity contribution in [2.75, 3.05) is 11.9 Å². The monoisotopic (exact) mass is 420 g/mol.